The zero-order chi connectivity index (χ0) is 25.9. The number of carbonyl (C=O) groups is 4. The molecular weight excluding hydrogens is 494 g/mol. The third-order valence-corrected chi connectivity index (χ3v) is 6.74. The summed E-state index contributed by atoms with van der Waals surface area (Å²) in [6, 6.07) is 15.1. The Morgan fingerprint density at radius 2 is 1.78 bits per heavy atom. The number of carbonyl (C=O) groups excluding carboxylic acids is 4. The highest BCUT2D eigenvalue weighted by Gasteiger charge is 2.44. The van der Waals surface area contributed by atoms with Crippen LogP contribution < -0.4 is 16.4 Å². The minimum Gasteiger partial charge on any atom is -0.366 e. The quantitative estimate of drug-likeness (QED) is 0.416. The van der Waals surface area contributed by atoms with Gasteiger partial charge in [-0.25, -0.2) is 4.98 Å². The van der Waals surface area contributed by atoms with Gasteiger partial charge < -0.3 is 21.1 Å². The average Bonchev–Trinajstić information content (AvgIpc) is 3.39. The van der Waals surface area contributed by atoms with E-state index in [1.807, 2.05) is 6.07 Å². The van der Waals surface area contributed by atoms with Crippen LogP contribution in [0.5, 0.6) is 0 Å². The molecule has 0 bridgehead atoms. The molecule has 2 fully saturated rings. The van der Waals surface area contributed by atoms with E-state index in [1.165, 1.54) is 17.8 Å². The summed E-state index contributed by atoms with van der Waals surface area (Å²) >= 11 is 1.21. The Morgan fingerprint density at radius 1 is 1.05 bits per heavy atom. The predicted octanol–water partition coefficient (Wildman–Crippen LogP) is 1.93. The summed E-state index contributed by atoms with van der Waals surface area (Å²) < 4.78 is 5.39. The standard InChI is InChI=1S/C26H24N5O5S/c27-22(33)25-31(21(32)12-15-4-2-1-3-5-15)20(13-36-25)24(35)30-26-29-19(14-37-26)16-6-8-17(9-7-16)23(34)28-18-10-11-18/h1-9,12,14,18,20,25H,10-11,13H2,(H2,27,33)(H,28,34)(H,29,30,35)/t20-,25+/m1/s1. The van der Waals surface area contributed by atoms with Crippen molar-refractivity contribution in [3.8, 4) is 11.3 Å². The van der Waals surface area contributed by atoms with Crippen LogP contribution in [0, 0.1) is 6.42 Å². The van der Waals surface area contributed by atoms with Crippen molar-refractivity contribution >= 4 is 40.1 Å². The molecule has 0 spiro atoms. The van der Waals surface area contributed by atoms with Crippen LogP contribution in [0.1, 0.15) is 28.8 Å². The normalized spacial score (nSPS) is 18.9. The van der Waals surface area contributed by atoms with Crippen LogP contribution >= 0.6 is 11.3 Å². The van der Waals surface area contributed by atoms with Gasteiger partial charge >= 0.3 is 0 Å². The van der Waals surface area contributed by atoms with E-state index in [9.17, 15) is 19.2 Å². The number of benzene rings is 2. The van der Waals surface area contributed by atoms with E-state index >= 15 is 0 Å². The fraction of sp³-hybridized carbons (Fsp3) is 0.231. The van der Waals surface area contributed by atoms with Crippen LogP contribution in [0.25, 0.3) is 11.3 Å². The van der Waals surface area contributed by atoms with E-state index in [1.54, 1.807) is 53.9 Å². The number of anilines is 1. The lowest BCUT2D eigenvalue weighted by Gasteiger charge is -2.25. The zero-order valence-corrected chi connectivity index (χ0v) is 20.4. The molecule has 2 aliphatic rings. The van der Waals surface area contributed by atoms with Crippen LogP contribution in [-0.4, -0.2) is 58.4 Å². The molecule has 10 nitrogen and oxygen atoms in total. The molecule has 2 heterocycles. The number of nitrogens with one attached hydrogen (secondary N) is 2. The fourth-order valence-electron chi connectivity index (χ4n) is 3.90. The Morgan fingerprint density at radius 3 is 2.46 bits per heavy atom. The molecule has 1 aliphatic carbocycles. The Hall–Kier alpha value is -4.09. The SMILES string of the molecule is NC(=O)[C@@H]1OC[C@H](C(=O)Nc2nc(-c3ccc(C(=O)NC4CC4)cc3)cs2)N1C(=O)[CH]c1ccccc1. The molecule has 0 unspecified atom stereocenters. The maximum absolute atomic E-state index is 13.1. The summed E-state index contributed by atoms with van der Waals surface area (Å²) in [5, 5.41) is 7.75. The molecule has 1 saturated heterocycles. The first-order valence-electron chi connectivity index (χ1n) is 11.7. The van der Waals surface area contributed by atoms with Gasteiger partial charge in [-0.1, -0.05) is 42.5 Å². The number of aromatic nitrogens is 1. The third-order valence-electron chi connectivity index (χ3n) is 5.98. The van der Waals surface area contributed by atoms with E-state index in [0.717, 1.165) is 23.3 Å². The lowest BCUT2D eigenvalue weighted by molar-refractivity contribution is -0.146. The van der Waals surface area contributed by atoms with Crippen LogP contribution in [0.4, 0.5) is 5.13 Å². The minimum absolute atomic E-state index is 0.100. The average molecular weight is 519 g/mol. The molecule has 11 heteroatoms. The first-order chi connectivity index (χ1) is 17.9. The van der Waals surface area contributed by atoms with Crippen molar-refractivity contribution in [2.24, 2.45) is 5.73 Å². The molecule has 37 heavy (non-hydrogen) atoms. The maximum Gasteiger partial charge on any atom is 0.267 e. The van der Waals surface area contributed by atoms with E-state index in [0.29, 0.717) is 22.0 Å². The number of amides is 4. The molecular formula is C26H24N5O5S. The number of rotatable bonds is 8. The number of hydrogen-bond acceptors (Lipinski definition) is 7. The monoisotopic (exact) mass is 518 g/mol. The Kier molecular flexibility index (Phi) is 6.97. The van der Waals surface area contributed by atoms with Gasteiger partial charge in [-0.05, 0) is 30.5 Å². The van der Waals surface area contributed by atoms with Crippen LogP contribution in [-0.2, 0) is 19.1 Å². The fourth-order valence-corrected chi connectivity index (χ4v) is 4.63. The highest BCUT2D eigenvalue weighted by molar-refractivity contribution is 7.14. The first kappa shape index (κ1) is 24.6. The van der Waals surface area contributed by atoms with Crippen molar-refractivity contribution in [2.45, 2.75) is 31.2 Å². The molecule has 1 aliphatic heterocycles. The van der Waals surface area contributed by atoms with Gasteiger partial charge in [0.05, 0.1) is 18.7 Å². The molecule has 2 aromatic carbocycles. The van der Waals surface area contributed by atoms with Gasteiger partial charge in [-0.15, -0.1) is 11.3 Å². The van der Waals surface area contributed by atoms with E-state index < -0.39 is 30.0 Å². The number of hydrogen-bond donors (Lipinski definition) is 3. The summed E-state index contributed by atoms with van der Waals surface area (Å²) in [7, 11) is 0. The smallest absolute Gasteiger partial charge is 0.267 e. The van der Waals surface area contributed by atoms with Crippen molar-refractivity contribution < 1.29 is 23.9 Å². The molecule has 5 rings (SSSR count). The Balaban J connectivity index is 1.26. The molecule has 1 radical (unpaired) electrons. The zero-order valence-electron chi connectivity index (χ0n) is 19.6. The van der Waals surface area contributed by atoms with Crippen molar-refractivity contribution in [1.29, 1.82) is 0 Å². The van der Waals surface area contributed by atoms with Crippen LogP contribution in [0.3, 0.4) is 0 Å². The second kappa shape index (κ2) is 10.5. The Labute approximate surface area is 216 Å². The summed E-state index contributed by atoms with van der Waals surface area (Å²) in [6.45, 7) is -0.184. The molecule has 4 N–H and O–H groups in total. The summed E-state index contributed by atoms with van der Waals surface area (Å²) in [6.07, 6.45) is 2.00. The van der Waals surface area contributed by atoms with Crippen LogP contribution in [0.15, 0.2) is 60.0 Å². The largest absolute Gasteiger partial charge is 0.366 e. The van der Waals surface area contributed by atoms with Gasteiger partial charge in [0.25, 0.3) is 17.7 Å². The molecule has 189 valence electrons. The van der Waals surface area contributed by atoms with Crippen molar-refractivity contribution in [1.82, 2.24) is 15.2 Å². The van der Waals surface area contributed by atoms with E-state index in [2.05, 4.69) is 15.6 Å². The van der Waals surface area contributed by atoms with Crippen molar-refractivity contribution in [3.63, 3.8) is 0 Å². The topological polar surface area (TPSA) is 144 Å². The second-order valence-electron chi connectivity index (χ2n) is 8.76. The molecule has 1 aromatic heterocycles. The van der Waals surface area contributed by atoms with Gasteiger partial charge in [0.1, 0.15) is 6.04 Å². The third kappa shape index (κ3) is 5.68. The number of thiazole rings is 1. The maximum atomic E-state index is 13.1. The van der Waals surface area contributed by atoms with Crippen LogP contribution in [0.2, 0.25) is 0 Å². The summed E-state index contributed by atoms with van der Waals surface area (Å²) in [5.74, 6) is -2.09. The van der Waals surface area contributed by atoms with E-state index in [4.69, 9.17) is 10.5 Å². The number of primary amides is 1. The summed E-state index contributed by atoms with van der Waals surface area (Å²) in [5.41, 5.74) is 8.01. The lowest BCUT2D eigenvalue weighted by atomic mass is 10.1. The van der Waals surface area contributed by atoms with Gasteiger partial charge in [0, 0.05) is 22.5 Å². The van der Waals surface area contributed by atoms with Crippen molar-refractivity contribution in [3.05, 3.63) is 77.5 Å². The van der Waals surface area contributed by atoms with Gasteiger partial charge in [0.15, 0.2) is 5.13 Å². The highest BCUT2D eigenvalue weighted by atomic mass is 32.1. The number of ether oxygens (including phenoxy) is 1. The predicted molar refractivity (Wildman–Crippen MR) is 136 cm³/mol. The lowest BCUT2D eigenvalue weighted by Crippen LogP contribution is -2.51. The van der Waals surface area contributed by atoms with Crippen molar-refractivity contribution in [2.75, 3.05) is 11.9 Å². The Bertz CT molecular complexity index is 1320. The van der Waals surface area contributed by atoms with Gasteiger partial charge in [-0.3, -0.25) is 24.1 Å². The molecule has 2 atom stereocenters. The number of nitrogens with zero attached hydrogens (tertiary/aromatic N) is 2. The molecule has 1 saturated carbocycles. The number of nitrogens with two attached hydrogens (primary N) is 1. The van der Waals surface area contributed by atoms with E-state index in [-0.39, 0.29) is 18.6 Å². The van der Waals surface area contributed by atoms with Gasteiger partial charge in [-0.2, -0.15) is 0 Å². The molecule has 3 aromatic rings. The highest BCUT2D eigenvalue weighted by Crippen LogP contribution is 2.27. The first-order valence-corrected chi connectivity index (χ1v) is 12.6. The molecule has 4 amide bonds. The summed E-state index contributed by atoms with van der Waals surface area (Å²) in [4.78, 5) is 55.7. The minimum atomic E-state index is -1.36. The van der Waals surface area contributed by atoms with Gasteiger partial charge in [0.2, 0.25) is 12.1 Å². The second-order valence-corrected chi connectivity index (χ2v) is 9.61.